The highest BCUT2D eigenvalue weighted by Crippen LogP contribution is 2.30. The molecule has 3 nitrogen and oxygen atoms in total. The first-order chi connectivity index (χ1) is 6.31. The van der Waals surface area contributed by atoms with Gasteiger partial charge in [-0.15, -0.1) is 0 Å². The molecular weight excluding hydrogens is 164 g/mol. The summed E-state index contributed by atoms with van der Waals surface area (Å²) in [4.78, 5) is 8.06. The summed E-state index contributed by atoms with van der Waals surface area (Å²) in [6, 6.07) is 0. The molecule has 68 valence electrons. The fourth-order valence-electron chi connectivity index (χ4n) is 1.59. The van der Waals surface area contributed by atoms with E-state index in [1.54, 1.807) is 18.6 Å². The van der Waals surface area contributed by atoms with Crippen LogP contribution in [0.3, 0.4) is 0 Å². The van der Waals surface area contributed by atoms with Crippen LogP contribution in [0, 0.1) is 0 Å². The van der Waals surface area contributed by atoms with Crippen LogP contribution in [0.4, 0.5) is 0 Å². The Labute approximate surface area is 77.2 Å². The van der Waals surface area contributed by atoms with Gasteiger partial charge in [-0.2, -0.15) is 0 Å². The number of rotatable bonds is 1. The molecule has 1 heterocycles. The van der Waals surface area contributed by atoms with Gasteiger partial charge in [0.1, 0.15) is 5.60 Å². The van der Waals surface area contributed by atoms with Crippen LogP contribution >= 0.6 is 0 Å². The zero-order valence-corrected chi connectivity index (χ0v) is 7.35. The molecule has 0 aromatic carbocycles. The van der Waals surface area contributed by atoms with Gasteiger partial charge in [-0.05, 0) is 19.3 Å². The molecule has 0 saturated heterocycles. The van der Waals surface area contributed by atoms with E-state index in [1.165, 1.54) is 0 Å². The van der Waals surface area contributed by atoms with Gasteiger partial charge >= 0.3 is 0 Å². The van der Waals surface area contributed by atoms with Gasteiger partial charge in [-0.1, -0.05) is 12.2 Å². The highest BCUT2D eigenvalue weighted by atomic mass is 16.3. The minimum absolute atomic E-state index is 0.644. The van der Waals surface area contributed by atoms with Crippen LogP contribution in [0.5, 0.6) is 0 Å². The molecule has 0 amide bonds. The Balaban J connectivity index is 2.34. The van der Waals surface area contributed by atoms with E-state index in [1.807, 2.05) is 12.2 Å². The van der Waals surface area contributed by atoms with Crippen molar-refractivity contribution in [2.24, 2.45) is 0 Å². The van der Waals surface area contributed by atoms with Gasteiger partial charge in [-0.25, -0.2) is 0 Å². The normalized spacial score (nSPS) is 27.5. The molecular formula is C10H12N2O. The maximum Gasteiger partial charge on any atom is 0.126 e. The first-order valence-electron chi connectivity index (χ1n) is 4.48. The predicted octanol–water partition coefficient (Wildman–Crippen LogP) is 1.40. The summed E-state index contributed by atoms with van der Waals surface area (Å²) >= 11 is 0. The second kappa shape index (κ2) is 3.26. The Morgan fingerprint density at radius 3 is 2.92 bits per heavy atom. The number of aromatic nitrogens is 2. The van der Waals surface area contributed by atoms with Crippen LogP contribution in [0.2, 0.25) is 0 Å². The highest BCUT2D eigenvalue weighted by molar-refractivity contribution is 5.18. The summed E-state index contributed by atoms with van der Waals surface area (Å²) < 4.78 is 0. The number of allylic oxidation sites excluding steroid dienone is 1. The zero-order valence-electron chi connectivity index (χ0n) is 7.35. The smallest absolute Gasteiger partial charge is 0.126 e. The van der Waals surface area contributed by atoms with Crippen LogP contribution in [-0.2, 0) is 5.60 Å². The summed E-state index contributed by atoms with van der Waals surface area (Å²) in [5.74, 6) is 0. The van der Waals surface area contributed by atoms with Crippen LogP contribution in [0.25, 0.3) is 0 Å². The Morgan fingerprint density at radius 2 is 2.31 bits per heavy atom. The van der Waals surface area contributed by atoms with Gasteiger partial charge in [0, 0.05) is 12.4 Å². The number of hydrogen-bond donors (Lipinski definition) is 1. The van der Waals surface area contributed by atoms with Crippen LogP contribution in [0.15, 0.2) is 30.7 Å². The molecule has 13 heavy (non-hydrogen) atoms. The van der Waals surface area contributed by atoms with E-state index in [9.17, 15) is 5.11 Å². The standard InChI is InChI=1S/C10H12N2O/c13-10(4-2-1-3-5-10)9-8-11-6-7-12-9/h2,4,6-8,13H,1,3,5H2. The van der Waals surface area contributed by atoms with Crippen LogP contribution < -0.4 is 0 Å². The van der Waals surface area contributed by atoms with Crippen LogP contribution in [-0.4, -0.2) is 15.1 Å². The lowest BCUT2D eigenvalue weighted by Crippen LogP contribution is -2.26. The molecule has 2 rings (SSSR count). The maximum atomic E-state index is 10.2. The largest absolute Gasteiger partial charge is 0.379 e. The fraction of sp³-hybridized carbons (Fsp3) is 0.400. The molecule has 1 unspecified atom stereocenters. The quantitative estimate of drug-likeness (QED) is 0.658. The average Bonchev–Trinajstić information content (AvgIpc) is 2.20. The van der Waals surface area contributed by atoms with Gasteiger partial charge in [-0.3, -0.25) is 9.97 Å². The summed E-state index contributed by atoms with van der Waals surface area (Å²) in [5, 5.41) is 10.2. The van der Waals surface area contributed by atoms with E-state index < -0.39 is 5.60 Å². The molecule has 1 aliphatic rings. The monoisotopic (exact) mass is 176 g/mol. The second-order valence-electron chi connectivity index (χ2n) is 3.31. The van der Waals surface area contributed by atoms with Crippen molar-refractivity contribution in [1.29, 1.82) is 0 Å². The van der Waals surface area contributed by atoms with Crippen molar-refractivity contribution in [2.75, 3.05) is 0 Å². The van der Waals surface area contributed by atoms with E-state index >= 15 is 0 Å². The van der Waals surface area contributed by atoms with Gasteiger partial charge in [0.2, 0.25) is 0 Å². The molecule has 0 radical (unpaired) electrons. The van der Waals surface area contributed by atoms with Crippen molar-refractivity contribution in [1.82, 2.24) is 9.97 Å². The summed E-state index contributed by atoms with van der Waals surface area (Å²) in [6.07, 6.45) is 11.4. The third-order valence-electron chi connectivity index (χ3n) is 2.33. The number of hydrogen-bond acceptors (Lipinski definition) is 3. The SMILES string of the molecule is OC1(c2cnccn2)C=CCCC1. The van der Waals surface area contributed by atoms with E-state index in [4.69, 9.17) is 0 Å². The van der Waals surface area contributed by atoms with Crippen molar-refractivity contribution in [3.05, 3.63) is 36.4 Å². The Kier molecular flexibility index (Phi) is 2.10. The van der Waals surface area contributed by atoms with E-state index in [0.29, 0.717) is 5.69 Å². The molecule has 1 aromatic heterocycles. The van der Waals surface area contributed by atoms with Crippen LogP contribution in [0.1, 0.15) is 25.0 Å². The Hall–Kier alpha value is -1.22. The lowest BCUT2D eigenvalue weighted by molar-refractivity contribution is 0.0677. The third kappa shape index (κ3) is 1.60. The molecule has 1 aromatic rings. The molecule has 1 aliphatic carbocycles. The van der Waals surface area contributed by atoms with Crippen molar-refractivity contribution < 1.29 is 5.11 Å². The van der Waals surface area contributed by atoms with E-state index in [2.05, 4.69) is 9.97 Å². The van der Waals surface area contributed by atoms with Crippen molar-refractivity contribution in [3.8, 4) is 0 Å². The second-order valence-corrected chi connectivity index (χ2v) is 3.31. The molecule has 3 heteroatoms. The number of aliphatic hydroxyl groups is 1. The summed E-state index contributed by atoms with van der Waals surface area (Å²) in [6.45, 7) is 0. The summed E-state index contributed by atoms with van der Waals surface area (Å²) in [5.41, 5.74) is -0.238. The lowest BCUT2D eigenvalue weighted by Gasteiger charge is -2.26. The zero-order chi connectivity index (χ0) is 9.15. The molecule has 0 spiro atoms. The maximum absolute atomic E-state index is 10.2. The Morgan fingerprint density at radius 1 is 1.38 bits per heavy atom. The third-order valence-corrected chi connectivity index (χ3v) is 2.33. The minimum atomic E-state index is -0.882. The molecule has 0 bridgehead atoms. The van der Waals surface area contributed by atoms with Crippen molar-refractivity contribution in [3.63, 3.8) is 0 Å². The highest BCUT2D eigenvalue weighted by Gasteiger charge is 2.28. The average molecular weight is 176 g/mol. The first-order valence-corrected chi connectivity index (χ1v) is 4.48. The van der Waals surface area contributed by atoms with E-state index in [-0.39, 0.29) is 0 Å². The predicted molar refractivity (Wildman–Crippen MR) is 48.9 cm³/mol. The van der Waals surface area contributed by atoms with Crippen molar-refractivity contribution >= 4 is 0 Å². The molecule has 0 saturated carbocycles. The number of nitrogens with zero attached hydrogens (tertiary/aromatic N) is 2. The lowest BCUT2D eigenvalue weighted by atomic mass is 9.88. The fourth-order valence-corrected chi connectivity index (χ4v) is 1.59. The van der Waals surface area contributed by atoms with Gasteiger partial charge in [0.25, 0.3) is 0 Å². The topological polar surface area (TPSA) is 46.0 Å². The van der Waals surface area contributed by atoms with Gasteiger partial charge < -0.3 is 5.11 Å². The molecule has 0 fully saturated rings. The van der Waals surface area contributed by atoms with Gasteiger partial charge in [0.05, 0.1) is 11.9 Å². The molecule has 1 N–H and O–H groups in total. The van der Waals surface area contributed by atoms with Gasteiger partial charge in [0.15, 0.2) is 0 Å². The minimum Gasteiger partial charge on any atom is -0.379 e. The van der Waals surface area contributed by atoms with Crippen molar-refractivity contribution in [2.45, 2.75) is 24.9 Å². The first kappa shape index (κ1) is 8.38. The Bertz CT molecular complexity index is 310. The molecule has 0 aliphatic heterocycles. The van der Waals surface area contributed by atoms with E-state index in [0.717, 1.165) is 19.3 Å². The summed E-state index contributed by atoms with van der Waals surface area (Å²) in [7, 11) is 0. The molecule has 1 atom stereocenters.